The van der Waals surface area contributed by atoms with E-state index in [4.69, 9.17) is 4.99 Å². The van der Waals surface area contributed by atoms with Gasteiger partial charge in [0.05, 0.1) is 28.4 Å². The van der Waals surface area contributed by atoms with Crippen molar-refractivity contribution in [3.05, 3.63) is 185 Å². The number of isocyanates is 2. The van der Waals surface area contributed by atoms with Crippen LogP contribution in [0.1, 0.15) is 38.9 Å². The molecule has 0 aromatic heterocycles. The van der Waals surface area contributed by atoms with E-state index < -0.39 is 0 Å². The fourth-order valence-corrected chi connectivity index (χ4v) is 6.20. The zero-order valence-electron chi connectivity index (χ0n) is 28.9. The van der Waals surface area contributed by atoms with Crippen molar-refractivity contribution >= 4 is 64.6 Å². The zero-order chi connectivity index (χ0) is 37.3. The third-order valence-corrected chi connectivity index (χ3v) is 8.99. The minimum absolute atomic E-state index is 0.224. The Hall–Kier alpha value is -7.53. The van der Waals surface area contributed by atoms with Gasteiger partial charge >= 0.3 is 6.03 Å². The lowest BCUT2D eigenvalue weighted by Crippen LogP contribution is -2.65. The molecule has 6 aromatic rings. The Balaban J connectivity index is 1.13. The van der Waals surface area contributed by atoms with Crippen LogP contribution in [0.3, 0.4) is 0 Å². The maximum Gasteiger partial charge on any atom is 0.342 e. The minimum atomic E-state index is -0.224. The lowest BCUT2D eigenvalue weighted by molar-refractivity contribution is 0.253. The molecule has 9 heteroatoms. The van der Waals surface area contributed by atoms with Crippen LogP contribution in [0.15, 0.2) is 161 Å². The molecular formula is C45H31N5O4. The largest absolute Gasteiger partial charge is 0.342 e. The molecule has 0 atom stereocenters. The van der Waals surface area contributed by atoms with E-state index in [0.29, 0.717) is 53.7 Å². The summed E-state index contributed by atoms with van der Waals surface area (Å²) in [4.78, 5) is 61.2. The van der Waals surface area contributed by atoms with Crippen molar-refractivity contribution in [1.29, 1.82) is 0 Å². The van der Waals surface area contributed by atoms with Gasteiger partial charge in [-0.05, 0) is 119 Å². The Bertz CT molecular complexity index is 2340. The maximum absolute atomic E-state index is 13.9. The van der Waals surface area contributed by atoms with E-state index in [1.165, 1.54) is 6.08 Å². The van der Waals surface area contributed by atoms with Gasteiger partial charge in [-0.25, -0.2) is 34.0 Å². The average Bonchev–Trinajstić information content (AvgIpc) is 3.19. The Labute approximate surface area is 311 Å². The van der Waals surface area contributed by atoms with Crippen LogP contribution in [-0.2, 0) is 33.6 Å². The summed E-state index contributed by atoms with van der Waals surface area (Å²) in [5, 5.41) is 0. The molecule has 0 spiro atoms. The number of hydrogen-bond donors (Lipinski definition) is 0. The van der Waals surface area contributed by atoms with Crippen molar-refractivity contribution in [3.8, 4) is 0 Å². The second-order valence-corrected chi connectivity index (χ2v) is 12.6. The molecule has 260 valence electrons. The molecule has 7 rings (SSSR count). The Morgan fingerprint density at radius 2 is 0.778 bits per heavy atom. The van der Waals surface area contributed by atoms with Gasteiger partial charge in [-0.15, -0.1) is 0 Å². The molecule has 0 saturated carbocycles. The van der Waals surface area contributed by atoms with Gasteiger partial charge in [0.15, 0.2) is 0 Å². The molecule has 0 aliphatic carbocycles. The van der Waals surface area contributed by atoms with E-state index in [9.17, 15) is 19.2 Å². The van der Waals surface area contributed by atoms with Crippen LogP contribution in [0.4, 0.5) is 33.2 Å². The topological polar surface area (TPSA) is 112 Å². The predicted octanol–water partition coefficient (Wildman–Crippen LogP) is 9.37. The van der Waals surface area contributed by atoms with Crippen molar-refractivity contribution in [3.63, 3.8) is 0 Å². The summed E-state index contributed by atoms with van der Waals surface area (Å²) in [7, 11) is 0. The number of guanidine groups is 1. The van der Waals surface area contributed by atoms with E-state index in [2.05, 4.69) is 9.98 Å². The number of amides is 2. The number of urea groups is 1. The fourth-order valence-electron chi connectivity index (χ4n) is 6.20. The molecule has 1 aliphatic heterocycles. The monoisotopic (exact) mass is 705 g/mol. The van der Waals surface area contributed by atoms with Crippen LogP contribution in [0.2, 0.25) is 0 Å². The lowest BCUT2D eigenvalue weighted by atomic mass is 10.0. The van der Waals surface area contributed by atoms with Gasteiger partial charge in [-0.3, -0.25) is 0 Å². The predicted molar refractivity (Wildman–Crippen MR) is 210 cm³/mol. The van der Waals surface area contributed by atoms with Gasteiger partial charge in [0.25, 0.3) is 0 Å². The standard InChI is InChI=1S/C45H31N5O4/c51-26-25-32-1-3-33(4-2-32)27-37-11-21-42(22-12-37)49-44(48-41-19-9-36(10-20-41)28-34-5-15-39(16-6-34)46-30-52)50(45(49)54)43-23-13-38(14-24-43)29-35-7-17-40(18-8-35)47-31-53/h1-25H,27-29H2/b48-44+. The van der Waals surface area contributed by atoms with Crippen LogP contribution in [0, 0.1) is 0 Å². The molecule has 1 heterocycles. The molecule has 6 aromatic carbocycles. The second-order valence-electron chi connectivity index (χ2n) is 12.6. The van der Waals surface area contributed by atoms with Crippen molar-refractivity contribution < 1.29 is 19.2 Å². The molecule has 2 amide bonds. The van der Waals surface area contributed by atoms with Crippen molar-refractivity contribution in [2.45, 2.75) is 19.3 Å². The summed E-state index contributed by atoms with van der Waals surface area (Å²) in [6, 6.07) is 45.9. The minimum Gasteiger partial charge on any atom is -0.247 e. The van der Waals surface area contributed by atoms with Gasteiger partial charge in [-0.2, -0.15) is 9.98 Å². The normalized spacial score (nSPS) is 12.7. The number of carbonyl (C=O) groups excluding carboxylic acids is 4. The van der Waals surface area contributed by atoms with Crippen LogP contribution in [0.25, 0.3) is 6.08 Å². The number of aliphatic imine (C=N–C) groups is 3. The maximum atomic E-state index is 13.9. The summed E-state index contributed by atoms with van der Waals surface area (Å²) in [5.74, 6) is 2.28. The highest BCUT2D eigenvalue weighted by molar-refractivity contribution is 6.43. The molecule has 0 bridgehead atoms. The number of benzene rings is 6. The average molecular weight is 706 g/mol. The summed E-state index contributed by atoms with van der Waals surface area (Å²) >= 11 is 0. The molecule has 1 saturated heterocycles. The highest BCUT2D eigenvalue weighted by Crippen LogP contribution is 2.33. The quantitative estimate of drug-likeness (QED) is 0.0718. The Morgan fingerprint density at radius 3 is 1.13 bits per heavy atom. The molecule has 9 nitrogen and oxygen atoms in total. The molecule has 0 N–H and O–H groups in total. The Kier molecular flexibility index (Phi) is 10.5. The second kappa shape index (κ2) is 16.2. The van der Waals surface area contributed by atoms with Crippen molar-refractivity contribution in [2.75, 3.05) is 9.80 Å². The Morgan fingerprint density at radius 1 is 0.444 bits per heavy atom. The van der Waals surface area contributed by atoms with Crippen LogP contribution in [-0.4, -0.2) is 30.1 Å². The van der Waals surface area contributed by atoms with Gasteiger partial charge in [0.1, 0.15) is 5.94 Å². The van der Waals surface area contributed by atoms with Crippen LogP contribution >= 0.6 is 0 Å². The highest BCUT2D eigenvalue weighted by Gasteiger charge is 2.43. The smallest absolute Gasteiger partial charge is 0.247 e. The van der Waals surface area contributed by atoms with Gasteiger partial charge in [-0.1, -0.05) is 84.9 Å². The highest BCUT2D eigenvalue weighted by atomic mass is 16.2. The first-order valence-electron chi connectivity index (χ1n) is 17.1. The molecule has 54 heavy (non-hydrogen) atoms. The molecule has 0 unspecified atom stereocenters. The summed E-state index contributed by atoms with van der Waals surface area (Å²) in [5.41, 5.74) is 10.4. The third kappa shape index (κ3) is 8.16. The van der Waals surface area contributed by atoms with E-state index in [0.717, 1.165) is 38.9 Å². The third-order valence-electron chi connectivity index (χ3n) is 8.99. The van der Waals surface area contributed by atoms with Gasteiger partial charge in [0.2, 0.25) is 18.1 Å². The number of carbonyl (C=O) groups is 1. The molecule has 1 fully saturated rings. The lowest BCUT2D eigenvalue weighted by Gasteiger charge is -2.42. The van der Waals surface area contributed by atoms with Crippen LogP contribution < -0.4 is 9.80 Å². The first-order valence-corrected chi connectivity index (χ1v) is 17.1. The van der Waals surface area contributed by atoms with E-state index >= 15 is 0 Å². The summed E-state index contributed by atoms with van der Waals surface area (Å²) < 4.78 is 0. The first kappa shape index (κ1) is 34.9. The number of rotatable bonds is 12. The van der Waals surface area contributed by atoms with Gasteiger partial charge < -0.3 is 0 Å². The fraction of sp³-hybridized carbons (Fsp3) is 0.0667. The van der Waals surface area contributed by atoms with Crippen molar-refractivity contribution in [1.82, 2.24) is 0 Å². The van der Waals surface area contributed by atoms with E-state index in [-0.39, 0.29) is 6.03 Å². The van der Waals surface area contributed by atoms with Crippen molar-refractivity contribution in [2.24, 2.45) is 15.0 Å². The van der Waals surface area contributed by atoms with Crippen LogP contribution in [0.5, 0.6) is 0 Å². The first-order chi connectivity index (χ1) is 26.5. The number of anilines is 2. The molecule has 0 radical (unpaired) electrons. The molecule has 1 aliphatic rings. The van der Waals surface area contributed by atoms with E-state index in [1.54, 1.807) is 52.2 Å². The summed E-state index contributed by atoms with van der Waals surface area (Å²) in [6.07, 6.45) is 6.57. The summed E-state index contributed by atoms with van der Waals surface area (Å²) in [6.45, 7) is 0. The van der Waals surface area contributed by atoms with Gasteiger partial charge in [0, 0.05) is 6.08 Å². The zero-order valence-corrected chi connectivity index (χ0v) is 28.9. The van der Waals surface area contributed by atoms with E-state index in [1.807, 2.05) is 121 Å². The number of hydrogen-bond acceptors (Lipinski definition) is 7. The SMILES string of the molecule is O=C=Cc1ccc(Cc2ccc(N3C(=O)N(c4ccc(Cc5ccc(N=C=O)cc5)cc4)/C3=N/c3ccc(Cc4ccc(N=C=O)cc4)cc3)cc2)cc1. The molecular weight excluding hydrogens is 675 g/mol. The number of nitrogens with zero attached hydrogens (tertiary/aromatic N) is 5.